The minimum Gasteiger partial charge on any atom is -0.154 e. The van der Waals surface area contributed by atoms with Crippen LogP contribution in [0, 0.1) is 13.8 Å². The monoisotopic (exact) mass is 182 g/mol. The van der Waals surface area contributed by atoms with E-state index in [9.17, 15) is 0 Å². The summed E-state index contributed by atoms with van der Waals surface area (Å²) in [5, 5.41) is 8.57. The predicted octanol–water partition coefficient (Wildman–Crippen LogP) is 2.62. The summed E-state index contributed by atoms with van der Waals surface area (Å²) >= 11 is 5.84. The van der Waals surface area contributed by atoms with Gasteiger partial charge in [-0.15, -0.1) is 5.10 Å². The highest BCUT2D eigenvalue weighted by Gasteiger charge is 2.27. The van der Waals surface area contributed by atoms with Crippen molar-refractivity contribution in [3.63, 3.8) is 0 Å². The molecule has 0 unspecified atom stereocenters. The van der Waals surface area contributed by atoms with Crippen molar-refractivity contribution in [2.45, 2.75) is 32.6 Å². The van der Waals surface area contributed by atoms with Crippen molar-refractivity contribution >= 4 is 11.6 Å². The summed E-state index contributed by atoms with van der Waals surface area (Å²) in [4.78, 5) is 0. The summed E-state index contributed by atoms with van der Waals surface area (Å²) in [5.41, 5.74) is 3.45. The van der Waals surface area contributed by atoms with E-state index in [2.05, 4.69) is 17.1 Å². The maximum absolute atomic E-state index is 5.84. The lowest BCUT2D eigenvalue weighted by molar-refractivity contribution is 0.881. The van der Waals surface area contributed by atoms with Gasteiger partial charge in [0.05, 0.1) is 5.69 Å². The minimum atomic E-state index is 0.539. The zero-order chi connectivity index (χ0) is 8.72. The number of rotatable bonds is 1. The zero-order valence-electron chi connectivity index (χ0n) is 7.26. The summed E-state index contributed by atoms with van der Waals surface area (Å²) in [6, 6.07) is 0. The largest absolute Gasteiger partial charge is 0.154 e. The molecule has 0 atom stereocenters. The van der Waals surface area contributed by atoms with E-state index in [4.69, 9.17) is 11.6 Å². The number of nitrogens with zero attached hydrogens (tertiary/aromatic N) is 2. The summed E-state index contributed by atoms with van der Waals surface area (Å²) in [6.45, 7) is 4.07. The maximum Gasteiger partial charge on any atom is 0.154 e. The molecule has 1 aromatic heterocycles. The lowest BCUT2D eigenvalue weighted by atomic mass is 10.1. The number of hydrogen-bond acceptors (Lipinski definition) is 2. The highest BCUT2D eigenvalue weighted by atomic mass is 35.5. The van der Waals surface area contributed by atoms with Gasteiger partial charge in [0.2, 0.25) is 0 Å². The molecular formula is C9H11ClN2. The van der Waals surface area contributed by atoms with Crippen LogP contribution in [-0.2, 0) is 0 Å². The van der Waals surface area contributed by atoms with Crippen molar-refractivity contribution in [3.05, 3.63) is 22.0 Å². The van der Waals surface area contributed by atoms with Crippen molar-refractivity contribution in [2.24, 2.45) is 0 Å². The second kappa shape index (κ2) is 2.70. The Bertz CT molecular complexity index is 319. The van der Waals surface area contributed by atoms with Gasteiger partial charge in [0, 0.05) is 5.92 Å². The minimum absolute atomic E-state index is 0.539. The highest BCUT2D eigenvalue weighted by Crippen LogP contribution is 2.41. The molecule has 1 aliphatic rings. The van der Waals surface area contributed by atoms with Crippen LogP contribution in [0.2, 0.25) is 5.15 Å². The van der Waals surface area contributed by atoms with Gasteiger partial charge in [0.15, 0.2) is 5.15 Å². The SMILES string of the molecule is Cc1c(Cl)nnc(C2CC2)c1C. The van der Waals surface area contributed by atoms with E-state index in [0.717, 1.165) is 11.3 Å². The molecule has 1 saturated carbocycles. The molecule has 0 aliphatic heterocycles. The first-order valence-electron chi connectivity index (χ1n) is 4.19. The fraction of sp³-hybridized carbons (Fsp3) is 0.556. The Morgan fingerprint density at radius 1 is 1.17 bits per heavy atom. The molecule has 1 heterocycles. The van der Waals surface area contributed by atoms with Gasteiger partial charge in [-0.1, -0.05) is 11.6 Å². The summed E-state index contributed by atoms with van der Waals surface area (Å²) in [6.07, 6.45) is 2.52. The van der Waals surface area contributed by atoms with Crippen molar-refractivity contribution < 1.29 is 0 Å². The van der Waals surface area contributed by atoms with E-state index in [-0.39, 0.29) is 0 Å². The molecule has 1 aliphatic carbocycles. The van der Waals surface area contributed by atoms with Crippen molar-refractivity contribution in [1.82, 2.24) is 10.2 Å². The van der Waals surface area contributed by atoms with Crippen LogP contribution in [0.3, 0.4) is 0 Å². The van der Waals surface area contributed by atoms with E-state index < -0.39 is 0 Å². The second-order valence-electron chi connectivity index (χ2n) is 3.40. The molecule has 0 saturated heterocycles. The molecule has 1 fully saturated rings. The van der Waals surface area contributed by atoms with Gasteiger partial charge in [-0.25, -0.2) is 0 Å². The topological polar surface area (TPSA) is 25.8 Å². The Labute approximate surface area is 77.0 Å². The smallest absolute Gasteiger partial charge is 0.154 e. The molecule has 2 rings (SSSR count). The molecule has 1 aromatic rings. The van der Waals surface area contributed by atoms with E-state index in [1.165, 1.54) is 18.4 Å². The molecule has 0 amide bonds. The maximum atomic E-state index is 5.84. The molecule has 0 N–H and O–H groups in total. The number of aromatic nitrogens is 2. The van der Waals surface area contributed by atoms with Crippen molar-refractivity contribution in [1.29, 1.82) is 0 Å². The lowest BCUT2D eigenvalue weighted by Crippen LogP contribution is -1.98. The van der Waals surface area contributed by atoms with Crippen LogP contribution in [0.1, 0.15) is 35.6 Å². The van der Waals surface area contributed by atoms with Gasteiger partial charge in [0.25, 0.3) is 0 Å². The van der Waals surface area contributed by atoms with Crippen LogP contribution in [0.4, 0.5) is 0 Å². The van der Waals surface area contributed by atoms with Crippen molar-refractivity contribution in [2.75, 3.05) is 0 Å². The quantitative estimate of drug-likeness (QED) is 0.668. The standard InChI is InChI=1S/C9H11ClN2/c1-5-6(2)9(10)12-11-8(5)7-3-4-7/h7H,3-4H2,1-2H3. The lowest BCUT2D eigenvalue weighted by Gasteiger charge is -2.05. The highest BCUT2D eigenvalue weighted by molar-refractivity contribution is 6.30. The van der Waals surface area contributed by atoms with Gasteiger partial charge in [0.1, 0.15) is 0 Å². The fourth-order valence-corrected chi connectivity index (χ4v) is 1.52. The molecule has 0 radical (unpaired) electrons. The second-order valence-corrected chi connectivity index (χ2v) is 3.76. The van der Waals surface area contributed by atoms with Gasteiger partial charge < -0.3 is 0 Å². The Morgan fingerprint density at radius 2 is 1.83 bits per heavy atom. The van der Waals surface area contributed by atoms with E-state index in [0.29, 0.717) is 11.1 Å². The van der Waals surface area contributed by atoms with Crippen LogP contribution in [-0.4, -0.2) is 10.2 Å². The van der Waals surface area contributed by atoms with Crippen molar-refractivity contribution in [3.8, 4) is 0 Å². The van der Waals surface area contributed by atoms with Gasteiger partial charge in [-0.05, 0) is 37.8 Å². The number of halogens is 1. The third-order valence-corrected chi connectivity index (χ3v) is 2.82. The van der Waals surface area contributed by atoms with Gasteiger partial charge >= 0.3 is 0 Å². The molecule has 2 nitrogen and oxygen atoms in total. The first-order chi connectivity index (χ1) is 5.70. The van der Waals surface area contributed by atoms with Gasteiger partial charge in [-0.3, -0.25) is 0 Å². The molecule has 0 aromatic carbocycles. The Kier molecular flexibility index (Phi) is 1.80. The molecule has 12 heavy (non-hydrogen) atoms. The van der Waals surface area contributed by atoms with Crippen LogP contribution in [0.15, 0.2) is 0 Å². The Morgan fingerprint density at radius 3 is 2.42 bits per heavy atom. The van der Waals surface area contributed by atoms with E-state index in [1.807, 2.05) is 6.92 Å². The summed E-state index contributed by atoms with van der Waals surface area (Å²) in [5.74, 6) is 0.661. The average molecular weight is 183 g/mol. The summed E-state index contributed by atoms with van der Waals surface area (Å²) in [7, 11) is 0. The predicted molar refractivity (Wildman–Crippen MR) is 48.5 cm³/mol. The third-order valence-electron chi connectivity index (χ3n) is 2.47. The number of hydrogen-bond donors (Lipinski definition) is 0. The van der Waals surface area contributed by atoms with Crippen LogP contribution in [0.25, 0.3) is 0 Å². The van der Waals surface area contributed by atoms with Crippen LogP contribution >= 0.6 is 11.6 Å². The molecule has 64 valence electrons. The first-order valence-corrected chi connectivity index (χ1v) is 4.57. The fourth-order valence-electron chi connectivity index (χ4n) is 1.34. The van der Waals surface area contributed by atoms with Gasteiger partial charge in [-0.2, -0.15) is 5.10 Å². The molecule has 3 heteroatoms. The molecule has 0 bridgehead atoms. The van der Waals surface area contributed by atoms with E-state index >= 15 is 0 Å². The first kappa shape index (κ1) is 7.99. The Hall–Kier alpha value is -0.630. The molecule has 0 spiro atoms. The van der Waals surface area contributed by atoms with E-state index in [1.54, 1.807) is 0 Å². The summed E-state index contributed by atoms with van der Waals surface area (Å²) < 4.78 is 0. The third kappa shape index (κ3) is 1.20. The zero-order valence-corrected chi connectivity index (χ0v) is 8.02. The Balaban J connectivity index is 2.49. The normalized spacial score (nSPS) is 16.6. The van der Waals surface area contributed by atoms with Crippen LogP contribution < -0.4 is 0 Å². The van der Waals surface area contributed by atoms with Crippen LogP contribution in [0.5, 0.6) is 0 Å². The average Bonchev–Trinajstić information content (AvgIpc) is 2.84. The molecular weight excluding hydrogens is 172 g/mol.